The lowest BCUT2D eigenvalue weighted by atomic mass is 10.1. The van der Waals surface area contributed by atoms with E-state index in [1.807, 2.05) is 0 Å². The fraction of sp³-hybridized carbons (Fsp3) is 0.615. The van der Waals surface area contributed by atoms with Crippen molar-refractivity contribution in [3.63, 3.8) is 0 Å². The van der Waals surface area contributed by atoms with Gasteiger partial charge in [0.2, 0.25) is 10.0 Å². The van der Waals surface area contributed by atoms with Crippen molar-refractivity contribution in [2.45, 2.75) is 37.0 Å². The van der Waals surface area contributed by atoms with Crippen LogP contribution in [-0.2, 0) is 10.0 Å². The van der Waals surface area contributed by atoms with Gasteiger partial charge in [0, 0.05) is 26.3 Å². The summed E-state index contributed by atoms with van der Waals surface area (Å²) in [6.07, 6.45) is 6.56. The van der Waals surface area contributed by atoms with Crippen LogP contribution in [-0.4, -0.2) is 37.8 Å². The first-order valence-corrected chi connectivity index (χ1v) is 8.71. The highest BCUT2D eigenvalue weighted by Crippen LogP contribution is 2.25. The van der Waals surface area contributed by atoms with E-state index in [9.17, 15) is 8.42 Å². The second-order valence-corrected chi connectivity index (χ2v) is 7.27. The number of nitrogens with one attached hydrogen (secondary N) is 1. The Morgan fingerprint density at radius 1 is 1.20 bits per heavy atom. The lowest BCUT2D eigenvalue weighted by molar-refractivity contribution is 0.364. The van der Waals surface area contributed by atoms with Gasteiger partial charge in [0.1, 0.15) is 10.7 Å². The number of hydrogen-bond acceptors (Lipinski definition) is 4. The van der Waals surface area contributed by atoms with Crippen molar-refractivity contribution in [3.05, 3.63) is 17.3 Å². The fourth-order valence-corrected chi connectivity index (χ4v) is 4.17. The zero-order valence-electron chi connectivity index (χ0n) is 11.6. The van der Waals surface area contributed by atoms with Gasteiger partial charge in [0.05, 0.1) is 5.02 Å². The molecule has 1 N–H and O–H groups in total. The van der Waals surface area contributed by atoms with Crippen LogP contribution >= 0.6 is 11.6 Å². The monoisotopic (exact) mass is 317 g/mol. The summed E-state index contributed by atoms with van der Waals surface area (Å²) in [6, 6.07) is 1.47. The number of hydrogen-bond donors (Lipinski definition) is 1. The maximum atomic E-state index is 12.6. The fourth-order valence-electron chi connectivity index (χ4n) is 2.35. The zero-order valence-corrected chi connectivity index (χ0v) is 13.2. The quantitative estimate of drug-likeness (QED) is 0.931. The Morgan fingerprint density at radius 2 is 1.80 bits per heavy atom. The predicted octanol–water partition coefficient (Wildman–Crippen LogP) is 2.73. The number of halogens is 1. The Morgan fingerprint density at radius 3 is 2.35 bits per heavy atom. The van der Waals surface area contributed by atoms with Crippen LogP contribution in [0.4, 0.5) is 5.82 Å². The second kappa shape index (κ2) is 6.74. The van der Waals surface area contributed by atoms with Crippen LogP contribution in [0, 0.1) is 0 Å². The van der Waals surface area contributed by atoms with Gasteiger partial charge < -0.3 is 5.32 Å². The molecule has 0 atom stereocenters. The van der Waals surface area contributed by atoms with Gasteiger partial charge >= 0.3 is 0 Å². The Hall–Kier alpha value is -0.850. The van der Waals surface area contributed by atoms with Crippen LogP contribution in [0.15, 0.2) is 17.2 Å². The largest absolute Gasteiger partial charge is 0.372 e. The number of sulfonamides is 1. The average Bonchev–Trinajstić information content (AvgIpc) is 2.37. The van der Waals surface area contributed by atoms with Crippen LogP contribution in [0.25, 0.3) is 0 Å². The van der Waals surface area contributed by atoms with Crippen molar-refractivity contribution in [1.29, 1.82) is 0 Å². The van der Waals surface area contributed by atoms with E-state index in [0.717, 1.165) is 25.7 Å². The van der Waals surface area contributed by atoms with E-state index in [0.29, 0.717) is 23.9 Å². The summed E-state index contributed by atoms with van der Waals surface area (Å²) in [5.41, 5.74) is 0. The first-order chi connectivity index (χ1) is 9.55. The lowest BCUT2D eigenvalue weighted by Crippen LogP contribution is -2.33. The molecule has 1 aliphatic heterocycles. The van der Waals surface area contributed by atoms with E-state index >= 15 is 0 Å². The molecule has 2 rings (SSSR count). The summed E-state index contributed by atoms with van der Waals surface area (Å²) in [6.45, 7) is 1.15. The van der Waals surface area contributed by atoms with E-state index in [1.165, 1.54) is 18.7 Å². The average molecular weight is 318 g/mol. The van der Waals surface area contributed by atoms with E-state index in [2.05, 4.69) is 10.3 Å². The van der Waals surface area contributed by atoms with Gasteiger partial charge in [0.25, 0.3) is 0 Å². The Balaban J connectivity index is 2.26. The Labute approximate surface area is 125 Å². The third-order valence-electron chi connectivity index (χ3n) is 3.51. The third-order valence-corrected chi connectivity index (χ3v) is 5.66. The van der Waals surface area contributed by atoms with Crippen molar-refractivity contribution < 1.29 is 8.42 Å². The minimum Gasteiger partial charge on any atom is -0.372 e. The molecule has 0 unspecified atom stereocenters. The first-order valence-electron chi connectivity index (χ1n) is 6.89. The maximum Gasteiger partial charge on any atom is 0.244 e. The topological polar surface area (TPSA) is 62.3 Å². The summed E-state index contributed by atoms with van der Waals surface area (Å²) in [7, 11) is -1.80. The number of nitrogens with zero attached hydrogens (tertiary/aromatic N) is 2. The molecular formula is C13H20ClN3O2S. The predicted molar refractivity (Wildman–Crippen MR) is 80.6 cm³/mol. The molecule has 20 heavy (non-hydrogen) atoms. The number of anilines is 1. The van der Waals surface area contributed by atoms with E-state index in [-0.39, 0.29) is 4.90 Å². The number of aromatic nitrogens is 1. The molecule has 2 heterocycles. The molecule has 0 radical (unpaired) electrons. The molecule has 112 valence electrons. The molecule has 1 saturated heterocycles. The van der Waals surface area contributed by atoms with E-state index in [1.54, 1.807) is 11.4 Å². The lowest BCUT2D eigenvalue weighted by Gasteiger charge is -2.24. The maximum absolute atomic E-state index is 12.6. The molecule has 0 saturated carbocycles. The molecule has 0 spiro atoms. The molecule has 0 bridgehead atoms. The molecule has 7 heteroatoms. The van der Waals surface area contributed by atoms with Crippen molar-refractivity contribution in [2.75, 3.05) is 25.5 Å². The second-order valence-electron chi connectivity index (χ2n) is 4.92. The van der Waals surface area contributed by atoms with E-state index < -0.39 is 10.0 Å². The summed E-state index contributed by atoms with van der Waals surface area (Å²) in [5.74, 6) is 0.485. The molecule has 1 aliphatic rings. The van der Waals surface area contributed by atoms with Crippen LogP contribution < -0.4 is 5.32 Å². The molecule has 0 aromatic carbocycles. The first kappa shape index (κ1) is 15.5. The number of rotatable bonds is 3. The minimum atomic E-state index is -3.49. The molecular weight excluding hydrogens is 298 g/mol. The van der Waals surface area contributed by atoms with Gasteiger partial charge in [-0.1, -0.05) is 30.9 Å². The van der Waals surface area contributed by atoms with Crippen molar-refractivity contribution in [3.8, 4) is 0 Å². The van der Waals surface area contributed by atoms with Crippen molar-refractivity contribution >= 4 is 27.4 Å². The van der Waals surface area contributed by atoms with Gasteiger partial charge in [-0.05, 0) is 18.9 Å². The number of pyridine rings is 1. The van der Waals surface area contributed by atoms with Crippen molar-refractivity contribution in [2.24, 2.45) is 0 Å². The highest BCUT2D eigenvalue weighted by molar-refractivity contribution is 7.89. The normalized spacial score (nSPS) is 18.3. The van der Waals surface area contributed by atoms with Crippen LogP contribution in [0.5, 0.6) is 0 Å². The standard InChI is InChI=1S/C13H20ClN3O2S/c1-15-13-12(14)9-11(10-16-13)20(18,19)17-7-5-3-2-4-6-8-17/h9-10H,2-8H2,1H3,(H,15,16). The zero-order chi connectivity index (χ0) is 14.6. The third kappa shape index (κ3) is 3.42. The molecule has 0 amide bonds. The minimum absolute atomic E-state index is 0.169. The highest BCUT2D eigenvalue weighted by atomic mass is 35.5. The van der Waals surface area contributed by atoms with Gasteiger partial charge in [0.15, 0.2) is 0 Å². The molecule has 1 aromatic heterocycles. The molecule has 5 nitrogen and oxygen atoms in total. The van der Waals surface area contributed by atoms with Gasteiger partial charge in [-0.2, -0.15) is 4.31 Å². The van der Waals surface area contributed by atoms with Gasteiger partial charge in [-0.25, -0.2) is 13.4 Å². The summed E-state index contributed by atoms with van der Waals surface area (Å²) >= 11 is 6.02. The molecule has 0 aliphatic carbocycles. The Kier molecular flexibility index (Phi) is 5.23. The van der Waals surface area contributed by atoms with Crippen LogP contribution in [0.1, 0.15) is 32.1 Å². The van der Waals surface area contributed by atoms with Crippen LogP contribution in [0.2, 0.25) is 5.02 Å². The van der Waals surface area contributed by atoms with Crippen molar-refractivity contribution in [1.82, 2.24) is 9.29 Å². The smallest absolute Gasteiger partial charge is 0.244 e. The van der Waals surface area contributed by atoms with Crippen LogP contribution in [0.3, 0.4) is 0 Å². The Bertz CT molecular complexity index is 555. The summed E-state index contributed by atoms with van der Waals surface area (Å²) in [4.78, 5) is 4.22. The highest BCUT2D eigenvalue weighted by Gasteiger charge is 2.25. The summed E-state index contributed by atoms with van der Waals surface area (Å²) < 4.78 is 26.8. The molecule has 1 fully saturated rings. The SMILES string of the molecule is CNc1ncc(S(=O)(=O)N2CCCCCCC2)cc1Cl. The van der Waals surface area contributed by atoms with Gasteiger partial charge in [-0.15, -0.1) is 0 Å². The molecule has 1 aromatic rings. The summed E-state index contributed by atoms with van der Waals surface area (Å²) in [5, 5.41) is 3.14. The van der Waals surface area contributed by atoms with E-state index in [4.69, 9.17) is 11.6 Å². The van der Waals surface area contributed by atoms with Gasteiger partial charge in [-0.3, -0.25) is 0 Å².